The fourth-order valence-electron chi connectivity index (χ4n) is 2.71. The molecular formula is C14H17ClN2O. The summed E-state index contributed by atoms with van der Waals surface area (Å²) in [7, 11) is 0. The average molecular weight is 265 g/mol. The lowest BCUT2D eigenvalue weighted by molar-refractivity contribution is 0.0699. The van der Waals surface area contributed by atoms with Crippen LogP contribution in [0.25, 0.3) is 11.0 Å². The summed E-state index contributed by atoms with van der Waals surface area (Å²) in [6, 6.07) is 8.83. The van der Waals surface area contributed by atoms with Gasteiger partial charge in [0.15, 0.2) is 0 Å². The molecule has 1 fully saturated rings. The second-order valence-electron chi connectivity index (χ2n) is 4.67. The van der Waals surface area contributed by atoms with Crippen molar-refractivity contribution in [2.45, 2.75) is 25.3 Å². The molecule has 1 aromatic carbocycles. The Balaban J connectivity index is 2.07. The lowest BCUT2D eigenvalue weighted by Gasteiger charge is -2.25. The molecule has 0 spiro atoms. The predicted molar refractivity (Wildman–Crippen MR) is 73.2 cm³/mol. The minimum Gasteiger partial charge on any atom is -0.381 e. The van der Waals surface area contributed by atoms with Gasteiger partial charge >= 0.3 is 0 Å². The molecule has 0 bridgehead atoms. The van der Waals surface area contributed by atoms with E-state index in [4.69, 9.17) is 21.3 Å². The average Bonchev–Trinajstić information content (AvgIpc) is 2.78. The number of aromatic nitrogens is 2. The number of benzene rings is 1. The first-order valence-corrected chi connectivity index (χ1v) is 7.03. The zero-order chi connectivity index (χ0) is 12.4. The van der Waals surface area contributed by atoms with E-state index in [1.54, 1.807) is 0 Å². The highest BCUT2D eigenvalue weighted by molar-refractivity contribution is 6.17. The summed E-state index contributed by atoms with van der Waals surface area (Å²) in [5, 5.41) is 0. The van der Waals surface area contributed by atoms with E-state index in [-0.39, 0.29) is 0 Å². The van der Waals surface area contributed by atoms with Crippen molar-refractivity contribution in [1.82, 2.24) is 9.55 Å². The lowest BCUT2D eigenvalue weighted by Crippen LogP contribution is -2.21. The number of alkyl halides is 1. The molecule has 0 amide bonds. The Morgan fingerprint density at radius 3 is 2.83 bits per heavy atom. The molecule has 0 unspecified atom stereocenters. The van der Waals surface area contributed by atoms with Crippen LogP contribution in [0.5, 0.6) is 0 Å². The van der Waals surface area contributed by atoms with E-state index in [0.29, 0.717) is 11.9 Å². The van der Waals surface area contributed by atoms with Crippen LogP contribution in [0.3, 0.4) is 0 Å². The number of rotatable bonds is 3. The van der Waals surface area contributed by atoms with Crippen molar-refractivity contribution >= 4 is 22.6 Å². The summed E-state index contributed by atoms with van der Waals surface area (Å²) in [4.78, 5) is 4.72. The summed E-state index contributed by atoms with van der Waals surface area (Å²) in [6.45, 7) is 1.69. The molecule has 1 saturated heterocycles. The van der Waals surface area contributed by atoms with Gasteiger partial charge in [-0.15, -0.1) is 11.6 Å². The zero-order valence-corrected chi connectivity index (χ0v) is 11.1. The third-order valence-corrected chi connectivity index (χ3v) is 3.73. The minimum absolute atomic E-state index is 0.504. The van der Waals surface area contributed by atoms with Crippen LogP contribution >= 0.6 is 11.6 Å². The van der Waals surface area contributed by atoms with Crippen LogP contribution in [0.1, 0.15) is 24.7 Å². The molecule has 2 aromatic rings. The molecule has 96 valence electrons. The van der Waals surface area contributed by atoms with Crippen molar-refractivity contribution in [2.75, 3.05) is 19.1 Å². The SMILES string of the molecule is ClCCc1nc2ccccc2n1C1CCOCC1. The largest absolute Gasteiger partial charge is 0.381 e. The molecule has 4 heteroatoms. The van der Waals surface area contributed by atoms with Crippen LogP contribution < -0.4 is 0 Å². The Bertz CT molecular complexity index is 532. The summed E-state index contributed by atoms with van der Waals surface area (Å²) >= 11 is 5.90. The number of hydrogen-bond acceptors (Lipinski definition) is 2. The molecule has 0 atom stereocenters. The maximum Gasteiger partial charge on any atom is 0.111 e. The second kappa shape index (κ2) is 5.29. The van der Waals surface area contributed by atoms with Crippen molar-refractivity contribution in [2.24, 2.45) is 0 Å². The van der Waals surface area contributed by atoms with Gasteiger partial charge in [-0.25, -0.2) is 4.98 Å². The monoisotopic (exact) mass is 264 g/mol. The number of fused-ring (bicyclic) bond motifs is 1. The highest BCUT2D eigenvalue weighted by atomic mass is 35.5. The van der Waals surface area contributed by atoms with Gasteiger partial charge in [0.25, 0.3) is 0 Å². The van der Waals surface area contributed by atoms with Crippen LogP contribution in [0.2, 0.25) is 0 Å². The Morgan fingerprint density at radius 1 is 1.28 bits per heavy atom. The first-order chi connectivity index (χ1) is 8.90. The van der Waals surface area contributed by atoms with Crippen molar-refractivity contribution in [3.63, 3.8) is 0 Å². The van der Waals surface area contributed by atoms with Crippen LogP contribution in [-0.2, 0) is 11.2 Å². The van der Waals surface area contributed by atoms with E-state index in [2.05, 4.69) is 22.8 Å². The van der Waals surface area contributed by atoms with Crippen molar-refractivity contribution in [1.29, 1.82) is 0 Å². The summed E-state index contributed by atoms with van der Waals surface area (Å²) < 4.78 is 7.83. The van der Waals surface area contributed by atoms with E-state index in [9.17, 15) is 0 Å². The molecule has 3 rings (SSSR count). The van der Waals surface area contributed by atoms with Crippen LogP contribution in [0.4, 0.5) is 0 Å². The normalized spacial score (nSPS) is 17.4. The maximum absolute atomic E-state index is 5.90. The molecule has 0 saturated carbocycles. The number of nitrogens with zero attached hydrogens (tertiary/aromatic N) is 2. The van der Waals surface area contributed by atoms with Gasteiger partial charge in [0.1, 0.15) is 5.82 Å². The van der Waals surface area contributed by atoms with Crippen LogP contribution in [0.15, 0.2) is 24.3 Å². The van der Waals surface area contributed by atoms with Crippen molar-refractivity contribution in [3.05, 3.63) is 30.1 Å². The Labute approximate surface area is 112 Å². The first-order valence-electron chi connectivity index (χ1n) is 6.49. The topological polar surface area (TPSA) is 27.1 Å². The van der Waals surface area contributed by atoms with E-state index in [1.165, 1.54) is 5.52 Å². The van der Waals surface area contributed by atoms with Crippen molar-refractivity contribution in [3.8, 4) is 0 Å². The fraction of sp³-hybridized carbons (Fsp3) is 0.500. The number of imidazole rings is 1. The first kappa shape index (κ1) is 12.0. The quantitative estimate of drug-likeness (QED) is 0.797. The molecule has 1 aliphatic rings. The Kier molecular flexibility index (Phi) is 3.52. The van der Waals surface area contributed by atoms with E-state index in [1.807, 2.05) is 6.07 Å². The van der Waals surface area contributed by atoms with Gasteiger partial charge < -0.3 is 9.30 Å². The highest BCUT2D eigenvalue weighted by Crippen LogP contribution is 2.28. The Hall–Kier alpha value is -1.06. The van der Waals surface area contributed by atoms with E-state index >= 15 is 0 Å². The third kappa shape index (κ3) is 2.13. The van der Waals surface area contributed by atoms with Crippen LogP contribution in [-0.4, -0.2) is 28.6 Å². The standard InChI is InChI=1S/C14H17ClN2O/c15-8-5-14-16-12-3-1-2-4-13(12)17(14)11-6-9-18-10-7-11/h1-4,11H,5-10H2. The fourth-order valence-corrected chi connectivity index (χ4v) is 2.88. The third-order valence-electron chi connectivity index (χ3n) is 3.54. The summed E-state index contributed by atoms with van der Waals surface area (Å²) in [5.41, 5.74) is 2.30. The number of aryl methyl sites for hydroxylation is 1. The maximum atomic E-state index is 5.90. The van der Waals surface area contributed by atoms with Gasteiger partial charge in [-0.3, -0.25) is 0 Å². The molecule has 0 radical (unpaired) electrons. The molecule has 0 aliphatic carbocycles. The molecule has 1 aromatic heterocycles. The molecule has 18 heavy (non-hydrogen) atoms. The lowest BCUT2D eigenvalue weighted by atomic mass is 10.1. The number of para-hydroxylation sites is 2. The highest BCUT2D eigenvalue weighted by Gasteiger charge is 2.21. The number of halogens is 1. The molecular weight excluding hydrogens is 248 g/mol. The van der Waals surface area contributed by atoms with Gasteiger partial charge in [0.2, 0.25) is 0 Å². The minimum atomic E-state index is 0.504. The van der Waals surface area contributed by atoms with Crippen molar-refractivity contribution < 1.29 is 4.74 Å². The van der Waals surface area contributed by atoms with Gasteiger partial charge in [-0.1, -0.05) is 12.1 Å². The Morgan fingerprint density at radius 2 is 2.06 bits per heavy atom. The van der Waals surface area contributed by atoms with E-state index in [0.717, 1.165) is 43.8 Å². The second-order valence-corrected chi connectivity index (χ2v) is 5.05. The summed E-state index contributed by atoms with van der Waals surface area (Å²) in [5.74, 6) is 1.73. The summed E-state index contributed by atoms with van der Waals surface area (Å²) in [6.07, 6.45) is 2.96. The van der Waals surface area contributed by atoms with Gasteiger partial charge in [-0.2, -0.15) is 0 Å². The predicted octanol–water partition coefficient (Wildman–Crippen LogP) is 3.17. The molecule has 0 N–H and O–H groups in total. The van der Waals surface area contributed by atoms with Crippen LogP contribution in [0, 0.1) is 0 Å². The van der Waals surface area contributed by atoms with Gasteiger partial charge in [-0.05, 0) is 25.0 Å². The van der Waals surface area contributed by atoms with Gasteiger partial charge in [0.05, 0.1) is 11.0 Å². The molecule has 3 nitrogen and oxygen atoms in total. The number of ether oxygens (including phenoxy) is 1. The smallest absolute Gasteiger partial charge is 0.111 e. The zero-order valence-electron chi connectivity index (χ0n) is 10.3. The number of hydrogen-bond donors (Lipinski definition) is 0. The van der Waals surface area contributed by atoms with E-state index < -0.39 is 0 Å². The molecule has 2 heterocycles. The molecule has 1 aliphatic heterocycles. The van der Waals surface area contributed by atoms with Gasteiger partial charge in [0, 0.05) is 31.6 Å².